The molecule has 1 aliphatic carbocycles. The van der Waals surface area contributed by atoms with Crippen molar-refractivity contribution in [1.82, 2.24) is 24.4 Å². The zero-order valence-corrected chi connectivity index (χ0v) is 18.9. The SMILES string of the molecule is O=C[C@H]1CC[C@H](n2cc(NC(=O)c3cnn4ccc(N5CC6C[C@@H]5CO6)nc34)c(C(F)F)n2)CC1. The van der Waals surface area contributed by atoms with Crippen molar-refractivity contribution in [2.45, 2.75) is 56.7 Å². The number of morpholine rings is 1. The second-order valence-corrected chi connectivity index (χ2v) is 9.48. The Hall–Kier alpha value is -3.41. The summed E-state index contributed by atoms with van der Waals surface area (Å²) in [6.45, 7) is 1.40. The first kappa shape index (κ1) is 22.1. The summed E-state index contributed by atoms with van der Waals surface area (Å²) in [5, 5.41) is 10.9. The van der Waals surface area contributed by atoms with E-state index in [0.29, 0.717) is 37.9 Å². The van der Waals surface area contributed by atoms with Gasteiger partial charge in [-0.15, -0.1) is 0 Å². The lowest BCUT2D eigenvalue weighted by Crippen LogP contribution is -2.37. The van der Waals surface area contributed by atoms with Crippen LogP contribution in [0.15, 0.2) is 24.7 Å². The molecule has 3 aromatic heterocycles. The van der Waals surface area contributed by atoms with E-state index < -0.39 is 18.0 Å². The van der Waals surface area contributed by atoms with E-state index in [-0.39, 0.29) is 35.4 Å². The lowest BCUT2D eigenvalue weighted by Gasteiger charge is -2.27. The monoisotopic (exact) mass is 485 g/mol. The van der Waals surface area contributed by atoms with Crippen LogP contribution in [-0.4, -0.2) is 61.9 Å². The number of aromatic nitrogens is 5. The minimum absolute atomic E-state index is 0.00632. The molecule has 2 aliphatic heterocycles. The van der Waals surface area contributed by atoms with Crippen molar-refractivity contribution in [2.75, 3.05) is 23.4 Å². The number of carbonyl (C=O) groups is 2. The van der Waals surface area contributed by atoms with Crippen LogP contribution < -0.4 is 10.2 Å². The van der Waals surface area contributed by atoms with Gasteiger partial charge in [-0.3, -0.25) is 9.48 Å². The fourth-order valence-corrected chi connectivity index (χ4v) is 5.40. The average molecular weight is 485 g/mol. The van der Waals surface area contributed by atoms with Crippen molar-refractivity contribution in [2.24, 2.45) is 5.92 Å². The molecule has 0 aromatic carbocycles. The van der Waals surface area contributed by atoms with Gasteiger partial charge in [0.25, 0.3) is 12.3 Å². The van der Waals surface area contributed by atoms with Crippen molar-refractivity contribution < 1.29 is 23.1 Å². The van der Waals surface area contributed by atoms with E-state index in [9.17, 15) is 18.4 Å². The number of hydrogen-bond donors (Lipinski definition) is 1. The Morgan fingerprint density at radius 1 is 1.23 bits per heavy atom. The summed E-state index contributed by atoms with van der Waals surface area (Å²) in [5.41, 5.74) is 0.0230. The van der Waals surface area contributed by atoms with Crippen molar-refractivity contribution in [1.29, 1.82) is 0 Å². The molecular formula is C23H25F2N7O3. The molecule has 2 bridgehead atoms. The van der Waals surface area contributed by atoms with Crippen molar-refractivity contribution >= 4 is 29.3 Å². The van der Waals surface area contributed by atoms with Crippen LogP contribution in [0.5, 0.6) is 0 Å². The highest BCUT2D eigenvalue weighted by molar-refractivity contribution is 6.08. The van der Waals surface area contributed by atoms with Gasteiger partial charge in [0.05, 0.1) is 36.7 Å². The third-order valence-corrected chi connectivity index (χ3v) is 7.32. The van der Waals surface area contributed by atoms with Crippen LogP contribution in [0.3, 0.4) is 0 Å². The number of aldehydes is 1. The molecule has 12 heteroatoms. The maximum atomic E-state index is 13.8. The number of fused-ring (bicyclic) bond motifs is 3. The number of nitrogens with one attached hydrogen (secondary N) is 1. The number of nitrogens with zero attached hydrogens (tertiary/aromatic N) is 6. The first-order valence-corrected chi connectivity index (χ1v) is 11.9. The Bertz CT molecular complexity index is 1270. The average Bonchev–Trinajstić information content (AvgIpc) is 3.66. The molecule has 10 nitrogen and oxygen atoms in total. The quantitative estimate of drug-likeness (QED) is 0.535. The molecule has 3 aliphatic rings. The number of rotatable bonds is 6. The summed E-state index contributed by atoms with van der Waals surface area (Å²) in [7, 11) is 0. The number of anilines is 2. The van der Waals surface area contributed by atoms with Crippen LogP contribution in [0.1, 0.15) is 60.6 Å². The van der Waals surface area contributed by atoms with E-state index in [1.165, 1.54) is 21.6 Å². The lowest BCUT2D eigenvalue weighted by molar-refractivity contribution is -0.112. The second kappa shape index (κ2) is 8.67. The Morgan fingerprint density at radius 3 is 2.74 bits per heavy atom. The third-order valence-electron chi connectivity index (χ3n) is 7.32. The summed E-state index contributed by atoms with van der Waals surface area (Å²) in [6, 6.07) is 2.02. The van der Waals surface area contributed by atoms with Gasteiger partial charge >= 0.3 is 0 Å². The Balaban J connectivity index is 1.25. The Kier molecular flexibility index (Phi) is 5.47. The highest BCUT2D eigenvalue weighted by atomic mass is 19.3. The maximum absolute atomic E-state index is 13.8. The van der Waals surface area contributed by atoms with Gasteiger partial charge in [-0.1, -0.05) is 0 Å². The zero-order valence-electron chi connectivity index (χ0n) is 18.9. The van der Waals surface area contributed by atoms with Crippen molar-refractivity contribution in [3.63, 3.8) is 0 Å². The smallest absolute Gasteiger partial charge is 0.284 e. The summed E-state index contributed by atoms with van der Waals surface area (Å²) in [6.07, 6.45) is 6.56. The van der Waals surface area contributed by atoms with Crippen LogP contribution in [-0.2, 0) is 9.53 Å². The molecule has 3 fully saturated rings. The van der Waals surface area contributed by atoms with E-state index in [2.05, 4.69) is 25.4 Å². The summed E-state index contributed by atoms with van der Waals surface area (Å²) in [5.74, 6) is 0.156. The second-order valence-electron chi connectivity index (χ2n) is 9.48. The molecule has 5 heterocycles. The largest absolute Gasteiger partial charge is 0.374 e. The van der Waals surface area contributed by atoms with E-state index in [1.54, 1.807) is 6.20 Å². The number of halogens is 2. The Morgan fingerprint density at radius 2 is 2.06 bits per heavy atom. The van der Waals surface area contributed by atoms with Gasteiger partial charge < -0.3 is 19.7 Å². The fraction of sp³-hybridized carbons (Fsp3) is 0.522. The molecule has 3 aromatic rings. The fourth-order valence-electron chi connectivity index (χ4n) is 5.40. The van der Waals surface area contributed by atoms with E-state index >= 15 is 0 Å². The number of ether oxygens (including phenoxy) is 1. The minimum Gasteiger partial charge on any atom is -0.374 e. The van der Waals surface area contributed by atoms with Gasteiger partial charge in [-0.25, -0.2) is 18.3 Å². The van der Waals surface area contributed by atoms with Gasteiger partial charge in [0.15, 0.2) is 11.3 Å². The predicted molar refractivity (Wildman–Crippen MR) is 121 cm³/mol. The Labute approximate surface area is 199 Å². The van der Waals surface area contributed by atoms with Gasteiger partial charge in [-0.2, -0.15) is 10.2 Å². The first-order valence-electron chi connectivity index (χ1n) is 11.9. The van der Waals surface area contributed by atoms with Crippen molar-refractivity contribution in [3.8, 4) is 0 Å². The number of hydrogen-bond acceptors (Lipinski definition) is 7. The number of carbonyl (C=O) groups excluding carboxylic acids is 2. The third kappa shape index (κ3) is 3.95. The number of amides is 1. The highest BCUT2D eigenvalue weighted by Crippen LogP contribution is 2.35. The van der Waals surface area contributed by atoms with E-state index in [0.717, 1.165) is 25.1 Å². The topological polar surface area (TPSA) is 107 Å². The normalized spacial score (nSPS) is 26.1. The molecule has 1 amide bonds. The molecule has 0 spiro atoms. The van der Waals surface area contributed by atoms with Crippen LogP contribution in [0.25, 0.3) is 5.65 Å². The molecule has 35 heavy (non-hydrogen) atoms. The van der Waals surface area contributed by atoms with Gasteiger partial charge in [0, 0.05) is 24.9 Å². The molecule has 0 radical (unpaired) electrons. The van der Waals surface area contributed by atoms with E-state index in [4.69, 9.17) is 4.74 Å². The molecule has 6 rings (SSSR count). The standard InChI is InChI=1S/C23H25F2N7O3/c24-21(25)20-18(10-32(29-20)14-3-1-13(11-33)2-4-14)27-23(34)17-8-26-31-6-5-19(28-22(17)31)30-9-16-7-15(30)12-35-16/h5-6,8,10-11,13-16,21H,1-4,7,9,12H2,(H,27,34)/t13-,14-,15-,16?/m1/s1. The van der Waals surface area contributed by atoms with E-state index in [1.807, 2.05) is 6.07 Å². The predicted octanol–water partition coefficient (Wildman–Crippen LogP) is 3.02. The maximum Gasteiger partial charge on any atom is 0.284 e. The minimum atomic E-state index is -2.85. The van der Waals surface area contributed by atoms with Gasteiger partial charge in [0.2, 0.25) is 0 Å². The molecular weight excluding hydrogens is 460 g/mol. The molecule has 184 valence electrons. The zero-order chi connectivity index (χ0) is 24.1. The lowest BCUT2D eigenvalue weighted by atomic mass is 9.87. The highest BCUT2D eigenvalue weighted by Gasteiger charge is 2.39. The summed E-state index contributed by atoms with van der Waals surface area (Å²) >= 11 is 0. The first-order chi connectivity index (χ1) is 17.0. The van der Waals surface area contributed by atoms with Crippen LogP contribution >= 0.6 is 0 Å². The molecule has 1 unspecified atom stereocenters. The van der Waals surface area contributed by atoms with Crippen LogP contribution in [0.4, 0.5) is 20.3 Å². The van der Waals surface area contributed by atoms with Crippen LogP contribution in [0.2, 0.25) is 0 Å². The summed E-state index contributed by atoms with van der Waals surface area (Å²) in [4.78, 5) is 31.0. The molecule has 1 saturated carbocycles. The molecule has 2 saturated heterocycles. The van der Waals surface area contributed by atoms with Gasteiger partial charge in [-0.05, 0) is 38.2 Å². The van der Waals surface area contributed by atoms with Crippen molar-refractivity contribution in [3.05, 3.63) is 35.9 Å². The number of alkyl halides is 2. The molecule has 2 atom stereocenters. The van der Waals surface area contributed by atoms with Gasteiger partial charge in [0.1, 0.15) is 17.7 Å². The van der Waals surface area contributed by atoms with Crippen LogP contribution in [0, 0.1) is 5.92 Å². The summed E-state index contributed by atoms with van der Waals surface area (Å²) < 4.78 is 36.1. The molecule has 1 N–H and O–H groups in total.